The highest BCUT2D eigenvalue weighted by Gasteiger charge is 2.53. The van der Waals surface area contributed by atoms with Crippen LogP contribution in [0.1, 0.15) is 38.5 Å². The molecule has 4 bridgehead atoms. The Morgan fingerprint density at radius 3 is 1.95 bits per heavy atom. The molecule has 4 aliphatic carbocycles. The third kappa shape index (κ3) is 2.58. The molecule has 0 heterocycles. The van der Waals surface area contributed by atoms with Crippen molar-refractivity contribution in [3.63, 3.8) is 0 Å². The van der Waals surface area contributed by atoms with E-state index in [9.17, 15) is 22.0 Å². The van der Waals surface area contributed by atoms with Crippen LogP contribution in [-0.4, -0.2) is 32.4 Å². The lowest BCUT2D eigenvalue weighted by molar-refractivity contribution is -0.137. The van der Waals surface area contributed by atoms with Crippen molar-refractivity contribution in [3.8, 4) is 0 Å². The van der Waals surface area contributed by atoms with Crippen molar-refractivity contribution >= 4 is 15.7 Å². The molecule has 21 heavy (non-hydrogen) atoms. The standard InChI is InChI=1S/C14H21F2NO3S/c1-21(19,20)14(15,16)12(18)17-8-13-5-9-2-10(6-13)4-11(3-9)7-13/h9-11H,2-8H2,1H3,(H,17,18). The first-order chi connectivity index (χ1) is 9.61. The quantitative estimate of drug-likeness (QED) is 0.861. The number of rotatable bonds is 4. The second kappa shape index (κ2) is 4.64. The second-order valence-corrected chi connectivity index (χ2v) is 9.45. The van der Waals surface area contributed by atoms with Crippen molar-refractivity contribution < 1.29 is 22.0 Å². The average Bonchev–Trinajstić information content (AvgIpc) is 2.32. The smallest absolute Gasteiger partial charge is 0.349 e. The summed E-state index contributed by atoms with van der Waals surface area (Å²) in [6.45, 7) is 0.181. The molecule has 7 heteroatoms. The van der Waals surface area contributed by atoms with Gasteiger partial charge in [0.15, 0.2) is 0 Å². The van der Waals surface area contributed by atoms with Gasteiger partial charge in [-0.15, -0.1) is 0 Å². The minimum absolute atomic E-state index is 0.0853. The molecule has 4 rings (SSSR count). The van der Waals surface area contributed by atoms with Crippen LogP contribution in [0.3, 0.4) is 0 Å². The number of sulfone groups is 1. The van der Waals surface area contributed by atoms with E-state index in [0.29, 0.717) is 24.0 Å². The summed E-state index contributed by atoms with van der Waals surface area (Å²) in [6, 6.07) is 0. The number of amides is 1. The van der Waals surface area contributed by atoms with Crippen LogP contribution in [0, 0.1) is 23.2 Å². The lowest BCUT2D eigenvalue weighted by Gasteiger charge is -2.56. The van der Waals surface area contributed by atoms with Gasteiger partial charge in [-0.25, -0.2) is 8.42 Å². The molecular formula is C14H21F2NO3S. The van der Waals surface area contributed by atoms with Crippen LogP contribution in [0.25, 0.3) is 0 Å². The number of hydrogen-bond acceptors (Lipinski definition) is 3. The van der Waals surface area contributed by atoms with Gasteiger partial charge >= 0.3 is 11.2 Å². The van der Waals surface area contributed by atoms with E-state index in [1.54, 1.807) is 0 Å². The van der Waals surface area contributed by atoms with Crippen molar-refractivity contribution in [2.75, 3.05) is 12.8 Å². The van der Waals surface area contributed by atoms with Crippen LogP contribution < -0.4 is 5.32 Å². The van der Waals surface area contributed by atoms with E-state index in [4.69, 9.17) is 0 Å². The van der Waals surface area contributed by atoms with Crippen molar-refractivity contribution in [1.29, 1.82) is 0 Å². The van der Waals surface area contributed by atoms with Crippen LogP contribution in [0.15, 0.2) is 0 Å². The lowest BCUT2D eigenvalue weighted by atomic mass is 9.49. The van der Waals surface area contributed by atoms with E-state index in [0.717, 1.165) is 19.3 Å². The Balaban J connectivity index is 1.67. The average molecular weight is 321 g/mol. The summed E-state index contributed by atoms with van der Waals surface area (Å²) in [5.41, 5.74) is -0.0853. The van der Waals surface area contributed by atoms with Crippen molar-refractivity contribution in [3.05, 3.63) is 0 Å². The van der Waals surface area contributed by atoms with Crippen LogP contribution >= 0.6 is 0 Å². The first kappa shape index (κ1) is 15.2. The number of carbonyl (C=O) groups excluding carboxylic acids is 1. The highest BCUT2D eigenvalue weighted by Crippen LogP contribution is 2.59. The van der Waals surface area contributed by atoms with Gasteiger partial charge in [0.2, 0.25) is 9.84 Å². The molecule has 0 atom stereocenters. The number of nitrogens with one attached hydrogen (secondary N) is 1. The Kier molecular flexibility index (Phi) is 3.35. The minimum Gasteiger partial charge on any atom is -0.349 e. The van der Waals surface area contributed by atoms with Crippen molar-refractivity contribution in [2.45, 2.75) is 43.8 Å². The summed E-state index contributed by atoms with van der Waals surface area (Å²) in [6.07, 6.45) is 7.00. The minimum atomic E-state index is -4.73. The van der Waals surface area contributed by atoms with Crippen LogP contribution in [0.2, 0.25) is 0 Å². The molecule has 1 amide bonds. The molecule has 0 radical (unpaired) electrons. The Labute approximate surface area is 123 Å². The maximum absolute atomic E-state index is 13.5. The van der Waals surface area contributed by atoms with Gasteiger partial charge in [-0.05, 0) is 61.7 Å². The van der Waals surface area contributed by atoms with E-state index in [1.165, 1.54) is 19.3 Å². The molecule has 0 aromatic rings. The molecule has 120 valence electrons. The third-order valence-electron chi connectivity index (χ3n) is 5.52. The van der Waals surface area contributed by atoms with Crippen molar-refractivity contribution in [1.82, 2.24) is 5.32 Å². The van der Waals surface area contributed by atoms with Crippen LogP contribution in [-0.2, 0) is 14.6 Å². The van der Waals surface area contributed by atoms with Gasteiger partial charge in [-0.3, -0.25) is 4.79 Å². The first-order valence-electron chi connectivity index (χ1n) is 7.47. The molecule has 0 unspecified atom stereocenters. The number of hydrogen-bond donors (Lipinski definition) is 1. The molecular weight excluding hydrogens is 300 g/mol. The topological polar surface area (TPSA) is 63.2 Å². The highest BCUT2D eigenvalue weighted by molar-refractivity contribution is 7.92. The maximum atomic E-state index is 13.5. The van der Waals surface area contributed by atoms with E-state index in [2.05, 4.69) is 5.32 Å². The fourth-order valence-electron chi connectivity index (χ4n) is 5.05. The fraction of sp³-hybridized carbons (Fsp3) is 0.929. The zero-order valence-corrected chi connectivity index (χ0v) is 12.9. The summed E-state index contributed by atoms with van der Waals surface area (Å²) < 4.78 is 49.0. The fourth-order valence-corrected chi connectivity index (χ4v) is 5.45. The molecule has 0 aliphatic heterocycles. The summed E-state index contributed by atoms with van der Waals surface area (Å²) in [5, 5.41) is -2.12. The van der Waals surface area contributed by atoms with E-state index >= 15 is 0 Å². The third-order valence-corrected chi connectivity index (χ3v) is 6.64. The summed E-state index contributed by atoms with van der Waals surface area (Å²) in [5.74, 6) is 0.288. The van der Waals surface area contributed by atoms with Crippen LogP contribution in [0.4, 0.5) is 8.78 Å². The van der Waals surface area contributed by atoms with Crippen LogP contribution in [0.5, 0.6) is 0 Å². The first-order valence-corrected chi connectivity index (χ1v) is 9.36. The van der Waals surface area contributed by atoms with Crippen molar-refractivity contribution in [2.24, 2.45) is 23.2 Å². The number of halogens is 2. The van der Waals surface area contributed by atoms with Gasteiger partial charge in [0.1, 0.15) is 0 Å². The highest BCUT2D eigenvalue weighted by atomic mass is 32.2. The molecule has 0 saturated heterocycles. The molecule has 4 nitrogen and oxygen atoms in total. The number of carbonyl (C=O) groups is 1. The van der Waals surface area contributed by atoms with E-state index < -0.39 is 21.0 Å². The molecule has 0 aromatic carbocycles. The monoisotopic (exact) mass is 321 g/mol. The summed E-state index contributed by atoms with van der Waals surface area (Å²) in [4.78, 5) is 11.6. The van der Waals surface area contributed by atoms with E-state index in [1.807, 2.05) is 0 Å². The Morgan fingerprint density at radius 2 is 1.57 bits per heavy atom. The summed E-state index contributed by atoms with van der Waals surface area (Å²) >= 11 is 0. The molecule has 4 aliphatic rings. The number of alkyl halides is 2. The largest absolute Gasteiger partial charge is 0.421 e. The van der Waals surface area contributed by atoms with E-state index in [-0.39, 0.29) is 12.0 Å². The predicted molar refractivity (Wildman–Crippen MR) is 73.4 cm³/mol. The van der Waals surface area contributed by atoms with Gasteiger partial charge in [0.25, 0.3) is 0 Å². The zero-order valence-electron chi connectivity index (χ0n) is 12.1. The molecule has 4 fully saturated rings. The van der Waals surface area contributed by atoms with Gasteiger partial charge in [-0.1, -0.05) is 0 Å². The zero-order chi connectivity index (χ0) is 15.5. The maximum Gasteiger partial charge on any atom is 0.421 e. The normalized spacial score (nSPS) is 38.5. The summed E-state index contributed by atoms with van der Waals surface area (Å²) in [7, 11) is -4.73. The van der Waals surface area contributed by atoms with Gasteiger partial charge in [-0.2, -0.15) is 8.78 Å². The Morgan fingerprint density at radius 1 is 1.14 bits per heavy atom. The second-order valence-electron chi connectivity index (χ2n) is 7.39. The molecule has 4 saturated carbocycles. The van der Waals surface area contributed by atoms with Gasteiger partial charge < -0.3 is 5.32 Å². The predicted octanol–water partition coefficient (Wildman–Crippen LogP) is 1.96. The molecule has 0 aromatic heterocycles. The molecule has 1 N–H and O–H groups in total. The Hall–Kier alpha value is -0.720. The SMILES string of the molecule is CS(=O)(=O)C(F)(F)C(=O)NCC12CC3CC(CC(C3)C1)C2. The van der Waals surface area contributed by atoms with Gasteiger partial charge in [0, 0.05) is 12.8 Å². The Bertz CT molecular complexity index is 523. The molecule has 0 spiro atoms. The van der Waals surface area contributed by atoms with Gasteiger partial charge in [0.05, 0.1) is 0 Å². The lowest BCUT2D eigenvalue weighted by Crippen LogP contribution is -2.54.